The SMILES string of the molecule is Cc1cc(NCc2c(F)cccc2Cl)ccc1O. The Labute approximate surface area is 110 Å². The number of halogens is 2. The average molecular weight is 266 g/mol. The van der Waals surface area contributed by atoms with Gasteiger partial charge in [0, 0.05) is 22.8 Å². The van der Waals surface area contributed by atoms with Crippen LogP contribution in [0.2, 0.25) is 5.02 Å². The number of anilines is 1. The standard InChI is InChI=1S/C14H13ClFNO/c1-9-7-10(5-6-14(9)18)17-8-11-12(15)3-2-4-13(11)16/h2-7,17-18H,8H2,1H3. The summed E-state index contributed by atoms with van der Waals surface area (Å²) >= 11 is 5.93. The van der Waals surface area contributed by atoms with Gasteiger partial charge < -0.3 is 10.4 Å². The number of hydrogen-bond donors (Lipinski definition) is 2. The first-order valence-electron chi connectivity index (χ1n) is 5.54. The van der Waals surface area contributed by atoms with Crippen molar-refractivity contribution in [2.75, 3.05) is 5.32 Å². The van der Waals surface area contributed by atoms with E-state index in [2.05, 4.69) is 5.32 Å². The van der Waals surface area contributed by atoms with E-state index in [0.29, 0.717) is 17.1 Å². The van der Waals surface area contributed by atoms with Crippen molar-refractivity contribution in [2.24, 2.45) is 0 Å². The van der Waals surface area contributed by atoms with Crippen LogP contribution in [0.4, 0.5) is 10.1 Å². The van der Waals surface area contributed by atoms with Gasteiger partial charge in [-0.2, -0.15) is 0 Å². The molecular formula is C14H13ClFNO. The van der Waals surface area contributed by atoms with E-state index in [4.69, 9.17) is 11.6 Å². The van der Waals surface area contributed by atoms with E-state index in [9.17, 15) is 9.50 Å². The molecule has 2 aromatic carbocycles. The van der Waals surface area contributed by atoms with E-state index in [1.165, 1.54) is 6.07 Å². The Bertz CT molecular complexity index is 551. The van der Waals surface area contributed by atoms with Gasteiger partial charge >= 0.3 is 0 Å². The van der Waals surface area contributed by atoms with Gasteiger partial charge in [-0.05, 0) is 42.8 Å². The third-order valence-electron chi connectivity index (χ3n) is 2.73. The molecule has 0 bridgehead atoms. The van der Waals surface area contributed by atoms with Gasteiger partial charge in [0.2, 0.25) is 0 Å². The smallest absolute Gasteiger partial charge is 0.129 e. The monoisotopic (exact) mass is 265 g/mol. The summed E-state index contributed by atoms with van der Waals surface area (Å²) in [5.74, 6) is -0.0880. The molecule has 2 rings (SSSR count). The Morgan fingerprint density at radius 3 is 2.72 bits per heavy atom. The highest BCUT2D eigenvalue weighted by Gasteiger charge is 2.06. The van der Waals surface area contributed by atoms with E-state index < -0.39 is 0 Å². The van der Waals surface area contributed by atoms with Crippen molar-refractivity contribution in [3.05, 3.63) is 58.4 Å². The lowest BCUT2D eigenvalue weighted by Gasteiger charge is -2.10. The number of hydrogen-bond acceptors (Lipinski definition) is 2. The second-order valence-corrected chi connectivity index (χ2v) is 4.46. The molecule has 0 atom stereocenters. The largest absolute Gasteiger partial charge is 0.508 e. The Morgan fingerprint density at radius 1 is 1.28 bits per heavy atom. The van der Waals surface area contributed by atoms with Crippen LogP contribution in [0.25, 0.3) is 0 Å². The summed E-state index contributed by atoms with van der Waals surface area (Å²) in [7, 11) is 0. The Hall–Kier alpha value is -1.74. The fourth-order valence-corrected chi connectivity index (χ4v) is 1.89. The highest BCUT2D eigenvalue weighted by molar-refractivity contribution is 6.31. The van der Waals surface area contributed by atoms with Gasteiger partial charge in [-0.3, -0.25) is 0 Å². The minimum atomic E-state index is -0.328. The fourth-order valence-electron chi connectivity index (χ4n) is 1.66. The lowest BCUT2D eigenvalue weighted by molar-refractivity contribution is 0.471. The number of benzene rings is 2. The molecule has 94 valence electrons. The van der Waals surface area contributed by atoms with Gasteiger partial charge in [-0.25, -0.2) is 4.39 Å². The predicted molar refractivity (Wildman–Crippen MR) is 71.6 cm³/mol. The Kier molecular flexibility index (Phi) is 3.72. The topological polar surface area (TPSA) is 32.3 Å². The number of nitrogens with one attached hydrogen (secondary N) is 1. The van der Waals surface area contributed by atoms with Crippen molar-refractivity contribution in [1.82, 2.24) is 0 Å². The van der Waals surface area contributed by atoms with Crippen molar-refractivity contribution in [2.45, 2.75) is 13.5 Å². The number of phenols is 1. The van der Waals surface area contributed by atoms with Crippen molar-refractivity contribution in [3.63, 3.8) is 0 Å². The number of rotatable bonds is 3. The van der Waals surface area contributed by atoms with Crippen LogP contribution < -0.4 is 5.32 Å². The number of aryl methyl sites for hydroxylation is 1. The molecule has 0 heterocycles. The molecule has 0 saturated carbocycles. The van der Waals surface area contributed by atoms with Crippen LogP contribution in [0.15, 0.2) is 36.4 Å². The number of aromatic hydroxyl groups is 1. The molecule has 0 fully saturated rings. The zero-order valence-corrected chi connectivity index (χ0v) is 10.6. The van der Waals surface area contributed by atoms with E-state index >= 15 is 0 Å². The van der Waals surface area contributed by atoms with Gasteiger partial charge in [0.15, 0.2) is 0 Å². The molecule has 0 aromatic heterocycles. The summed E-state index contributed by atoms with van der Waals surface area (Å²) in [6.07, 6.45) is 0. The van der Waals surface area contributed by atoms with Gasteiger partial charge in [0.05, 0.1) is 0 Å². The molecule has 0 aliphatic carbocycles. The van der Waals surface area contributed by atoms with Gasteiger partial charge in [-0.1, -0.05) is 17.7 Å². The molecule has 0 aliphatic heterocycles. The lowest BCUT2D eigenvalue weighted by atomic mass is 10.1. The first-order chi connectivity index (χ1) is 8.58. The maximum absolute atomic E-state index is 13.5. The summed E-state index contributed by atoms with van der Waals surface area (Å²) in [6.45, 7) is 2.10. The second-order valence-electron chi connectivity index (χ2n) is 4.06. The molecular weight excluding hydrogens is 253 g/mol. The summed E-state index contributed by atoms with van der Waals surface area (Å²) in [4.78, 5) is 0. The molecule has 0 amide bonds. The zero-order valence-electron chi connectivity index (χ0n) is 9.87. The molecule has 0 aliphatic rings. The minimum absolute atomic E-state index is 0.240. The highest BCUT2D eigenvalue weighted by atomic mass is 35.5. The molecule has 0 saturated heterocycles. The third-order valence-corrected chi connectivity index (χ3v) is 3.08. The quantitative estimate of drug-likeness (QED) is 0.819. The zero-order chi connectivity index (χ0) is 13.1. The predicted octanol–water partition coefficient (Wildman–Crippen LogP) is 4.11. The van der Waals surface area contributed by atoms with E-state index in [1.807, 2.05) is 0 Å². The average Bonchev–Trinajstić information content (AvgIpc) is 2.33. The van der Waals surface area contributed by atoms with E-state index in [0.717, 1.165) is 11.3 Å². The lowest BCUT2D eigenvalue weighted by Crippen LogP contribution is -2.02. The van der Waals surface area contributed by atoms with Crippen LogP contribution in [0.5, 0.6) is 5.75 Å². The maximum Gasteiger partial charge on any atom is 0.129 e. The first kappa shape index (κ1) is 12.7. The number of phenolic OH excluding ortho intramolecular Hbond substituents is 1. The molecule has 2 N–H and O–H groups in total. The fraction of sp³-hybridized carbons (Fsp3) is 0.143. The van der Waals surface area contributed by atoms with Crippen LogP contribution in [-0.4, -0.2) is 5.11 Å². The highest BCUT2D eigenvalue weighted by Crippen LogP contribution is 2.23. The van der Waals surface area contributed by atoms with E-state index in [1.54, 1.807) is 37.3 Å². The molecule has 0 radical (unpaired) electrons. The van der Waals surface area contributed by atoms with Crippen LogP contribution in [-0.2, 0) is 6.54 Å². The van der Waals surface area contributed by atoms with Crippen LogP contribution in [0.1, 0.15) is 11.1 Å². The molecule has 0 spiro atoms. The van der Waals surface area contributed by atoms with Crippen molar-refractivity contribution >= 4 is 17.3 Å². The van der Waals surface area contributed by atoms with E-state index in [-0.39, 0.29) is 11.6 Å². The van der Waals surface area contributed by atoms with Crippen molar-refractivity contribution in [1.29, 1.82) is 0 Å². The van der Waals surface area contributed by atoms with Gasteiger partial charge in [0.1, 0.15) is 11.6 Å². The van der Waals surface area contributed by atoms with Gasteiger partial charge in [-0.15, -0.1) is 0 Å². The molecule has 2 aromatic rings. The first-order valence-corrected chi connectivity index (χ1v) is 5.92. The summed E-state index contributed by atoms with van der Waals surface area (Å²) in [5.41, 5.74) is 2.01. The third kappa shape index (κ3) is 2.74. The molecule has 2 nitrogen and oxygen atoms in total. The van der Waals surface area contributed by atoms with Crippen LogP contribution >= 0.6 is 11.6 Å². The second kappa shape index (κ2) is 5.27. The van der Waals surface area contributed by atoms with Gasteiger partial charge in [0.25, 0.3) is 0 Å². The van der Waals surface area contributed by atoms with Crippen molar-refractivity contribution in [3.8, 4) is 5.75 Å². The van der Waals surface area contributed by atoms with Crippen LogP contribution in [0, 0.1) is 12.7 Å². The Morgan fingerprint density at radius 2 is 2.06 bits per heavy atom. The molecule has 18 heavy (non-hydrogen) atoms. The van der Waals surface area contributed by atoms with Crippen LogP contribution in [0.3, 0.4) is 0 Å². The summed E-state index contributed by atoms with van der Waals surface area (Å²) in [6, 6.07) is 9.74. The summed E-state index contributed by atoms with van der Waals surface area (Å²) < 4.78 is 13.5. The molecule has 0 unspecified atom stereocenters. The van der Waals surface area contributed by atoms with Crippen molar-refractivity contribution < 1.29 is 9.50 Å². The minimum Gasteiger partial charge on any atom is -0.508 e. The maximum atomic E-state index is 13.5. The molecule has 4 heteroatoms. The summed E-state index contributed by atoms with van der Waals surface area (Å²) in [5, 5.41) is 12.9. The normalized spacial score (nSPS) is 10.4. The Balaban J connectivity index is 2.14.